The van der Waals surface area contributed by atoms with Crippen LogP contribution in [0.1, 0.15) is 38.0 Å². The highest BCUT2D eigenvalue weighted by molar-refractivity contribution is 6.28. The van der Waals surface area contributed by atoms with Crippen molar-refractivity contribution in [2.45, 2.75) is 32.2 Å². The minimum Gasteiger partial charge on any atom is -0.448 e. The summed E-state index contributed by atoms with van der Waals surface area (Å²) in [5, 5.41) is 0.414. The summed E-state index contributed by atoms with van der Waals surface area (Å²) in [5.41, 5.74) is 5.84. The lowest BCUT2D eigenvalue weighted by molar-refractivity contribution is 0.446. The van der Waals surface area contributed by atoms with Gasteiger partial charge in [0.05, 0.1) is 6.04 Å². The van der Waals surface area contributed by atoms with E-state index in [2.05, 4.69) is 6.92 Å². The van der Waals surface area contributed by atoms with Crippen molar-refractivity contribution in [3.05, 3.63) is 23.1 Å². The van der Waals surface area contributed by atoms with Gasteiger partial charge in [-0.25, -0.2) is 0 Å². The first-order valence-corrected chi connectivity index (χ1v) is 4.62. The molecule has 2 nitrogen and oxygen atoms in total. The van der Waals surface area contributed by atoms with Crippen LogP contribution in [-0.2, 0) is 0 Å². The number of unbranched alkanes of at least 4 members (excludes halogenated alkanes) is 1. The van der Waals surface area contributed by atoms with E-state index in [4.69, 9.17) is 21.8 Å². The molecule has 4 heteroatoms. The van der Waals surface area contributed by atoms with Crippen molar-refractivity contribution >= 4 is 24.0 Å². The molecule has 0 aliphatic rings. The van der Waals surface area contributed by atoms with Crippen molar-refractivity contribution in [1.29, 1.82) is 0 Å². The highest BCUT2D eigenvalue weighted by Gasteiger charge is 2.08. The van der Waals surface area contributed by atoms with E-state index in [0.717, 1.165) is 25.0 Å². The molecule has 0 fully saturated rings. The number of hydrogen-bond acceptors (Lipinski definition) is 2. The summed E-state index contributed by atoms with van der Waals surface area (Å²) in [6, 6.07) is 3.56. The third-order valence-electron chi connectivity index (χ3n) is 1.83. The van der Waals surface area contributed by atoms with Gasteiger partial charge in [-0.1, -0.05) is 19.8 Å². The molecule has 0 radical (unpaired) electrons. The average Bonchev–Trinajstić information content (AvgIpc) is 2.47. The standard InChI is InChI=1S/C9H14ClNO.ClH/c1-2-3-4-7(11)8-5-6-9(10)12-8;/h5-7H,2-4,11H2,1H3;1H/t7-;/m1./s1. The summed E-state index contributed by atoms with van der Waals surface area (Å²) in [4.78, 5) is 0. The van der Waals surface area contributed by atoms with Gasteiger partial charge in [0.2, 0.25) is 0 Å². The van der Waals surface area contributed by atoms with Gasteiger partial charge in [0, 0.05) is 0 Å². The molecule has 0 amide bonds. The van der Waals surface area contributed by atoms with Gasteiger partial charge in [-0.3, -0.25) is 0 Å². The fourth-order valence-electron chi connectivity index (χ4n) is 1.09. The quantitative estimate of drug-likeness (QED) is 0.849. The Kier molecular flexibility index (Phi) is 6.21. The van der Waals surface area contributed by atoms with Gasteiger partial charge in [0.1, 0.15) is 5.76 Å². The average molecular weight is 224 g/mol. The predicted octanol–water partition coefficient (Wildman–Crippen LogP) is 3.54. The third kappa shape index (κ3) is 4.03. The van der Waals surface area contributed by atoms with E-state index in [-0.39, 0.29) is 18.4 Å². The topological polar surface area (TPSA) is 39.2 Å². The highest BCUT2D eigenvalue weighted by Crippen LogP contribution is 2.21. The number of halogens is 2. The van der Waals surface area contributed by atoms with Crippen LogP contribution in [0.15, 0.2) is 16.5 Å². The van der Waals surface area contributed by atoms with E-state index in [1.54, 1.807) is 6.07 Å². The molecule has 13 heavy (non-hydrogen) atoms. The number of rotatable bonds is 4. The molecule has 1 aromatic rings. The highest BCUT2D eigenvalue weighted by atomic mass is 35.5. The molecule has 1 rings (SSSR count). The molecule has 1 atom stereocenters. The summed E-state index contributed by atoms with van der Waals surface area (Å²) in [6.45, 7) is 2.14. The van der Waals surface area contributed by atoms with E-state index in [9.17, 15) is 0 Å². The molecule has 2 N–H and O–H groups in total. The lowest BCUT2D eigenvalue weighted by Crippen LogP contribution is -2.08. The summed E-state index contributed by atoms with van der Waals surface area (Å²) in [7, 11) is 0. The van der Waals surface area contributed by atoms with Crippen LogP contribution in [0.5, 0.6) is 0 Å². The molecular weight excluding hydrogens is 209 g/mol. The van der Waals surface area contributed by atoms with Gasteiger partial charge in [-0.15, -0.1) is 12.4 Å². The van der Waals surface area contributed by atoms with E-state index >= 15 is 0 Å². The molecule has 0 saturated heterocycles. The van der Waals surface area contributed by atoms with Crippen LogP contribution in [0.2, 0.25) is 5.22 Å². The number of hydrogen-bond donors (Lipinski definition) is 1. The summed E-state index contributed by atoms with van der Waals surface area (Å²) >= 11 is 5.62. The van der Waals surface area contributed by atoms with Crippen molar-refractivity contribution in [2.75, 3.05) is 0 Å². The summed E-state index contributed by atoms with van der Waals surface area (Å²) in [5.74, 6) is 0.786. The summed E-state index contributed by atoms with van der Waals surface area (Å²) in [6.07, 6.45) is 3.24. The van der Waals surface area contributed by atoms with Gasteiger partial charge in [-0.2, -0.15) is 0 Å². The van der Waals surface area contributed by atoms with Crippen LogP contribution in [0.4, 0.5) is 0 Å². The lowest BCUT2D eigenvalue weighted by atomic mass is 10.1. The van der Waals surface area contributed by atoms with Gasteiger partial charge in [0.15, 0.2) is 5.22 Å². The monoisotopic (exact) mass is 223 g/mol. The van der Waals surface area contributed by atoms with Crippen LogP contribution < -0.4 is 5.73 Å². The largest absolute Gasteiger partial charge is 0.448 e. The maximum absolute atomic E-state index is 5.84. The molecule has 0 bridgehead atoms. The Balaban J connectivity index is 0.00000144. The second-order valence-electron chi connectivity index (χ2n) is 2.89. The molecule has 0 aliphatic heterocycles. The fraction of sp³-hybridized carbons (Fsp3) is 0.556. The molecule has 0 spiro atoms. The van der Waals surface area contributed by atoms with Gasteiger partial charge < -0.3 is 10.2 Å². The molecule has 1 aromatic heterocycles. The van der Waals surface area contributed by atoms with Crippen molar-refractivity contribution in [2.24, 2.45) is 5.73 Å². The molecule has 76 valence electrons. The van der Waals surface area contributed by atoms with Crippen molar-refractivity contribution in [1.82, 2.24) is 0 Å². The zero-order chi connectivity index (χ0) is 8.97. The van der Waals surface area contributed by atoms with Gasteiger partial charge >= 0.3 is 0 Å². The minimum atomic E-state index is -0.00236. The Hall–Kier alpha value is -0.180. The van der Waals surface area contributed by atoms with Crippen LogP contribution >= 0.6 is 24.0 Å². The number of nitrogens with two attached hydrogens (primary N) is 1. The van der Waals surface area contributed by atoms with Crippen molar-refractivity contribution in [3.8, 4) is 0 Å². The SMILES string of the molecule is CCCC[C@@H](N)c1ccc(Cl)o1.Cl. The zero-order valence-electron chi connectivity index (χ0n) is 7.63. The Morgan fingerprint density at radius 1 is 1.54 bits per heavy atom. The minimum absolute atomic E-state index is 0. The summed E-state index contributed by atoms with van der Waals surface area (Å²) < 4.78 is 5.18. The van der Waals surface area contributed by atoms with Crippen LogP contribution in [0.3, 0.4) is 0 Å². The zero-order valence-corrected chi connectivity index (χ0v) is 9.20. The van der Waals surface area contributed by atoms with E-state index in [0.29, 0.717) is 5.22 Å². The van der Waals surface area contributed by atoms with Crippen molar-refractivity contribution in [3.63, 3.8) is 0 Å². The fourth-order valence-corrected chi connectivity index (χ4v) is 1.25. The van der Waals surface area contributed by atoms with Gasteiger partial charge in [-0.05, 0) is 30.2 Å². The smallest absolute Gasteiger partial charge is 0.193 e. The normalized spacial score (nSPS) is 12.2. The van der Waals surface area contributed by atoms with E-state index < -0.39 is 0 Å². The third-order valence-corrected chi connectivity index (χ3v) is 2.03. The Morgan fingerprint density at radius 3 is 2.69 bits per heavy atom. The Bertz CT molecular complexity index is 237. The molecular formula is C9H15Cl2NO. The first-order chi connectivity index (χ1) is 5.74. The molecule has 0 unspecified atom stereocenters. The first kappa shape index (κ1) is 12.8. The predicted molar refractivity (Wildman–Crippen MR) is 57.4 cm³/mol. The Labute approximate surface area is 89.8 Å². The van der Waals surface area contributed by atoms with Gasteiger partial charge in [0.25, 0.3) is 0 Å². The second-order valence-corrected chi connectivity index (χ2v) is 3.26. The molecule has 0 saturated carbocycles. The molecule has 0 aromatic carbocycles. The maximum Gasteiger partial charge on any atom is 0.193 e. The number of furan rings is 1. The second kappa shape index (κ2) is 6.30. The molecule has 0 aliphatic carbocycles. The maximum atomic E-state index is 5.84. The van der Waals surface area contributed by atoms with E-state index in [1.807, 2.05) is 6.07 Å². The van der Waals surface area contributed by atoms with Crippen LogP contribution in [0, 0.1) is 0 Å². The van der Waals surface area contributed by atoms with Crippen molar-refractivity contribution < 1.29 is 4.42 Å². The Morgan fingerprint density at radius 2 is 2.23 bits per heavy atom. The van der Waals surface area contributed by atoms with E-state index in [1.165, 1.54) is 0 Å². The van der Waals surface area contributed by atoms with Crippen LogP contribution in [0.25, 0.3) is 0 Å². The first-order valence-electron chi connectivity index (χ1n) is 4.25. The lowest BCUT2D eigenvalue weighted by Gasteiger charge is -2.06. The molecule has 1 heterocycles. The van der Waals surface area contributed by atoms with Crippen LogP contribution in [-0.4, -0.2) is 0 Å².